The number of piperidine rings is 1. The summed E-state index contributed by atoms with van der Waals surface area (Å²) in [5.74, 6) is 2.94. The van der Waals surface area contributed by atoms with Crippen LogP contribution in [-0.4, -0.2) is 67.7 Å². The molecule has 29 heavy (non-hydrogen) atoms. The Morgan fingerprint density at radius 3 is 2.76 bits per heavy atom. The number of para-hydroxylation sites is 1. The average molecular weight is 398 g/mol. The Morgan fingerprint density at radius 2 is 2.03 bits per heavy atom. The molecule has 156 valence electrons. The smallest absolute Gasteiger partial charge is 0.410 e. The minimum absolute atomic E-state index is 0. The highest BCUT2D eigenvalue weighted by Gasteiger charge is 2.45. The van der Waals surface area contributed by atoms with Crippen molar-refractivity contribution >= 4 is 17.7 Å². The maximum absolute atomic E-state index is 12.1. The van der Waals surface area contributed by atoms with Crippen LogP contribution in [0.2, 0.25) is 0 Å². The van der Waals surface area contributed by atoms with Gasteiger partial charge in [0.2, 0.25) is 5.91 Å². The Labute approximate surface area is 174 Å². The highest BCUT2D eigenvalue weighted by atomic mass is 16.6. The van der Waals surface area contributed by atoms with Crippen molar-refractivity contribution < 1.29 is 15.8 Å². The van der Waals surface area contributed by atoms with Gasteiger partial charge < -0.3 is 19.4 Å². The lowest BCUT2D eigenvalue weighted by Gasteiger charge is -2.40. The summed E-state index contributed by atoms with van der Waals surface area (Å²) >= 11 is 0. The normalized spacial score (nSPS) is 23.1. The molecule has 0 saturated carbocycles. The summed E-state index contributed by atoms with van der Waals surface area (Å²) < 4.78 is 5.04. The summed E-state index contributed by atoms with van der Waals surface area (Å²) in [7, 11) is 0. The van der Waals surface area contributed by atoms with Crippen molar-refractivity contribution in [3.63, 3.8) is 0 Å². The van der Waals surface area contributed by atoms with E-state index < -0.39 is 0 Å². The Balaban J connectivity index is 0.00000256. The molecule has 0 bridgehead atoms. The van der Waals surface area contributed by atoms with Crippen molar-refractivity contribution in [1.82, 2.24) is 9.80 Å². The number of likely N-dealkylation sites (tertiary alicyclic amines) is 2. The molecule has 1 aromatic rings. The molecule has 3 heterocycles. The van der Waals surface area contributed by atoms with E-state index in [1.165, 1.54) is 5.56 Å². The number of anilines is 1. The van der Waals surface area contributed by atoms with Crippen molar-refractivity contribution in [2.45, 2.75) is 31.6 Å². The van der Waals surface area contributed by atoms with E-state index >= 15 is 0 Å². The second kappa shape index (κ2) is 8.08. The zero-order valence-electron chi connectivity index (χ0n) is 17.1. The SMILES string of the molecule is C#CCOC(=O)N1CC[C@@H](CN2CCC3(CC2)CN(C(C)=O)c2ccccc23)C1.[HH]. The Morgan fingerprint density at radius 1 is 1.28 bits per heavy atom. The second-order valence-electron chi connectivity index (χ2n) is 8.56. The first-order valence-corrected chi connectivity index (χ1v) is 10.5. The molecule has 3 aliphatic heterocycles. The molecule has 2 amide bonds. The summed E-state index contributed by atoms with van der Waals surface area (Å²) in [6.07, 6.45) is 8.00. The number of benzene rings is 1. The number of nitrogens with zero attached hydrogens (tertiary/aromatic N) is 3. The molecule has 0 radical (unpaired) electrons. The lowest BCUT2D eigenvalue weighted by Crippen LogP contribution is -2.47. The van der Waals surface area contributed by atoms with Gasteiger partial charge in [-0.25, -0.2) is 4.79 Å². The van der Waals surface area contributed by atoms with Gasteiger partial charge in [-0.2, -0.15) is 0 Å². The molecule has 1 aromatic carbocycles. The third kappa shape index (κ3) is 3.84. The van der Waals surface area contributed by atoms with Gasteiger partial charge in [0.05, 0.1) is 0 Å². The lowest BCUT2D eigenvalue weighted by molar-refractivity contribution is -0.116. The van der Waals surface area contributed by atoms with Gasteiger partial charge in [0.1, 0.15) is 0 Å². The first-order valence-electron chi connectivity index (χ1n) is 10.5. The van der Waals surface area contributed by atoms with Crippen LogP contribution in [0.5, 0.6) is 0 Å². The Kier molecular flexibility index (Phi) is 5.51. The molecule has 1 atom stereocenters. The zero-order valence-corrected chi connectivity index (χ0v) is 17.1. The fourth-order valence-electron chi connectivity index (χ4n) is 5.21. The van der Waals surface area contributed by atoms with Gasteiger partial charge in [-0.15, -0.1) is 6.42 Å². The van der Waals surface area contributed by atoms with Crippen LogP contribution in [-0.2, 0) is 14.9 Å². The minimum Gasteiger partial charge on any atom is -0.436 e. The molecule has 3 aliphatic rings. The first-order chi connectivity index (χ1) is 14.0. The summed E-state index contributed by atoms with van der Waals surface area (Å²) in [6.45, 7) is 7.04. The van der Waals surface area contributed by atoms with Gasteiger partial charge in [0, 0.05) is 45.6 Å². The Bertz CT molecular complexity index is 829. The number of ether oxygens (including phenoxy) is 1. The van der Waals surface area contributed by atoms with E-state index in [1.807, 2.05) is 11.0 Å². The van der Waals surface area contributed by atoms with E-state index in [1.54, 1.807) is 11.8 Å². The fourth-order valence-corrected chi connectivity index (χ4v) is 5.21. The third-order valence-corrected chi connectivity index (χ3v) is 6.76. The van der Waals surface area contributed by atoms with Crippen LogP contribution in [0, 0.1) is 18.3 Å². The van der Waals surface area contributed by atoms with Gasteiger partial charge in [0.25, 0.3) is 0 Å². The number of carbonyl (C=O) groups excluding carboxylic acids is 2. The zero-order chi connectivity index (χ0) is 20.4. The van der Waals surface area contributed by atoms with Crippen LogP contribution in [0.15, 0.2) is 24.3 Å². The molecule has 4 rings (SSSR count). The molecular formula is C23H31N3O3. The highest BCUT2D eigenvalue weighted by molar-refractivity contribution is 5.94. The molecule has 1 spiro atoms. The van der Waals surface area contributed by atoms with E-state index in [9.17, 15) is 9.59 Å². The van der Waals surface area contributed by atoms with Crippen LogP contribution in [0.25, 0.3) is 0 Å². The molecule has 6 heteroatoms. The highest BCUT2D eigenvalue weighted by Crippen LogP contribution is 2.47. The van der Waals surface area contributed by atoms with Crippen LogP contribution in [0.3, 0.4) is 0 Å². The number of terminal acetylenes is 1. The second-order valence-corrected chi connectivity index (χ2v) is 8.56. The standard InChI is InChI=1S/C23H29N3O3.H2/c1-3-14-29-22(28)25-11-8-19(16-25)15-24-12-9-23(10-13-24)17-26(18(2)27)21-7-5-4-6-20(21)23;/h1,4-7,19H,8-17H2,2H3;1H/t19-;/m0./s1. The molecule has 2 saturated heterocycles. The number of fused-ring (bicyclic) bond motifs is 2. The van der Waals surface area contributed by atoms with Gasteiger partial charge in [-0.05, 0) is 49.9 Å². The van der Waals surface area contributed by atoms with E-state index in [0.717, 1.165) is 64.2 Å². The topological polar surface area (TPSA) is 53.1 Å². The summed E-state index contributed by atoms with van der Waals surface area (Å²) in [4.78, 5) is 30.4. The first kappa shape index (κ1) is 19.8. The largest absolute Gasteiger partial charge is 0.436 e. The number of hydrogen-bond acceptors (Lipinski definition) is 4. The molecule has 2 fully saturated rings. The monoisotopic (exact) mass is 397 g/mol. The number of carbonyl (C=O) groups is 2. The van der Waals surface area contributed by atoms with Crippen LogP contribution in [0.1, 0.15) is 33.2 Å². The van der Waals surface area contributed by atoms with Crippen LogP contribution < -0.4 is 4.90 Å². The van der Waals surface area contributed by atoms with Crippen molar-refractivity contribution in [2.75, 3.05) is 50.8 Å². The van der Waals surface area contributed by atoms with E-state index in [2.05, 4.69) is 29.0 Å². The number of amides is 2. The van der Waals surface area contributed by atoms with Crippen molar-refractivity contribution in [3.8, 4) is 12.3 Å². The average Bonchev–Trinajstić information content (AvgIpc) is 3.32. The van der Waals surface area contributed by atoms with Crippen molar-refractivity contribution in [1.29, 1.82) is 0 Å². The molecule has 0 aliphatic carbocycles. The predicted octanol–water partition coefficient (Wildman–Crippen LogP) is 2.72. The minimum atomic E-state index is -0.296. The summed E-state index contributed by atoms with van der Waals surface area (Å²) in [5, 5.41) is 0. The van der Waals surface area contributed by atoms with Crippen LogP contribution >= 0.6 is 0 Å². The van der Waals surface area contributed by atoms with Crippen LogP contribution in [0.4, 0.5) is 10.5 Å². The third-order valence-electron chi connectivity index (χ3n) is 6.76. The number of hydrogen-bond donors (Lipinski definition) is 0. The van der Waals surface area contributed by atoms with E-state index in [4.69, 9.17) is 11.2 Å². The van der Waals surface area contributed by atoms with Crippen molar-refractivity contribution in [3.05, 3.63) is 29.8 Å². The van der Waals surface area contributed by atoms with E-state index in [0.29, 0.717) is 5.92 Å². The lowest BCUT2D eigenvalue weighted by atomic mass is 9.74. The van der Waals surface area contributed by atoms with Crippen molar-refractivity contribution in [2.24, 2.45) is 5.92 Å². The van der Waals surface area contributed by atoms with Gasteiger partial charge in [-0.3, -0.25) is 4.79 Å². The molecule has 0 aromatic heterocycles. The van der Waals surface area contributed by atoms with E-state index in [-0.39, 0.29) is 25.4 Å². The fraction of sp³-hybridized carbons (Fsp3) is 0.565. The maximum Gasteiger partial charge on any atom is 0.410 e. The van der Waals surface area contributed by atoms with Gasteiger partial charge in [0.15, 0.2) is 6.61 Å². The Hall–Kier alpha value is -2.52. The van der Waals surface area contributed by atoms with Gasteiger partial charge >= 0.3 is 6.09 Å². The molecule has 0 unspecified atom stereocenters. The molecule has 0 N–H and O–H groups in total. The number of rotatable bonds is 3. The van der Waals surface area contributed by atoms with Gasteiger partial charge in [-0.1, -0.05) is 24.1 Å². The molecule has 6 nitrogen and oxygen atoms in total. The summed E-state index contributed by atoms with van der Waals surface area (Å²) in [6, 6.07) is 8.38. The quantitative estimate of drug-likeness (QED) is 0.736. The predicted molar refractivity (Wildman–Crippen MR) is 114 cm³/mol. The molecular weight excluding hydrogens is 366 g/mol. The summed E-state index contributed by atoms with van der Waals surface area (Å²) in [5.41, 5.74) is 2.50. The maximum atomic E-state index is 12.1.